The molecule has 0 amide bonds. The smallest absolute Gasteiger partial charge is 0.257 e. The second-order valence-electron chi connectivity index (χ2n) is 3.24. The maximum Gasteiger partial charge on any atom is 0.257 e. The first-order valence-corrected chi connectivity index (χ1v) is 7.49. The van der Waals surface area contributed by atoms with Gasteiger partial charge in [0.15, 0.2) is 9.84 Å². The molecular formula is C9H9ClINO3S. The van der Waals surface area contributed by atoms with Gasteiger partial charge in [0.1, 0.15) is 0 Å². The Morgan fingerprint density at radius 1 is 1.38 bits per heavy atom. The van der Waals surface area contributed by atoms with Crippen LogP contribution in [0.1, 0.15) is 10.4 Å². The molecule has 1 unspecified atom stereocenters. The van der Waals surface area contributed by atoms with Crippen molar-refractivity contribution in [1.82, 2.24) is 0 Å². The fourth-order valence-electron chi connectivity index (χ4n) is 0.971. The molecule has 1 rings (SSSR count). The van der Waals surface area contributed by atoms with Crippen LogP contribution in [-0.4, -0.2) is 22.7 Å². The monoisotopic (exact) mass is 373 g/mol. The Bertz CT molecular complexity index is 510. The highest BCUT2D eigenvalue weighted by molar-refractivity contribution is 14.1. The van der Waals surface area contributed by atoms with Crippen LogP contribution in [0.25, 0.3) is 0 Å². The minimum atomic E-state index is -3.69. The number of rotatable bonds is 3. The van der Waals surface area contributed by atoms with Gasteiger partial charge >= 0.3 is 0 Å². The van der Waals surface area contributed by atoms with Crippen molar-refractivity contribution < 1.29 is 13.2 Å². The number of Topliss-reactive ketones (excluding diaryl/α,β-unsaturated/α-hetero) is 1. The molecule has 0 heterocycles. The quantitative estimate of drug-likeness (QED) is 0.379. The molecular weight excluding hydrogens is 365 g/mol. The fraction of sp³-hybridized carbons (Fsp3) is 0.222. The second kappa shape index (κ2) is 4.50. The average molecular weight is 374 g/mol. The van der Waals surface area contributed by atoms with E-state index in [1.165, 1.54) is 46.9 Å². The summed E-state index contributed by atoms with van der Waals surface area (Å²) in [5, 5.41) is 0. The fourth-order valence-corrected chi connectivity index (χ4v) is 1.85. The minimum absolute atomic E-state index is 0.212. The molecule has 2 N–H and O–H groups in total. The molecule has 0 aliphatic carbocycles. The van der Waals surface area contributed by atoms with E-state index in [0.29, 0.717) is 5.69 Å². The molecule has 16 heavy (non-hydrogen) atoms. The zero-order valence-corrected chi connectivity index (χ0v) is 12.0. The predicted molar refractivity (Wildman–Crippen MR) is 72.6 cm³/mol. The lowest BCUT2D eigenvalue weighted by molar-refractivity contribution is 0.100. The Morgan fingerprint density at radius 3 is 2.19 bits per heavy atom. The highest BCUT2D eigenvalue weighted by atomic mass is 127. The standard InChI is InChI=1S/C9H9ClINO3S/c1-16(14,15)9(10,11)8(13)6-2-4-7(12)5-3-6/h2-5H,12H2,1H3. The summed E-state index contributed by atoms with van der Waals surface area (Å²) >= 11 is 7.17. The van der Waals surface area contributed by atoms with Crippen LogP contribution in [0, 0.1) is 0 Å². The number of alkyl halides is 2. The molecule has 1 aromatic rings. The molecule has 0 saturated carbocycles. The van der Waals surface area contributed by atoms with E-state index in [1.54, 1.807) is 0 Å². The number of carbonyl (C=O) groups excluding carboxylic acids is 1. The third kappa shape index (κ3) is 2.67. The summed E-state index contributed by atoms with van der Waals surface area (Å²) in [5.41, 5.74) is 6.16. The van der Waals surface area contributed by atoms with Gasteiger partial charge in [0.05, 0.1) is 0 Å². The molecule has 1 aromatic carbocycles. The van der Waals surface area contributed by atoms with Gasteiger partial charge in [0, 0.05) is 17.5 Å². The highest BCUT2D eigenvalue weighted by Crippen LogP contribution is 2.34. The molecule has 0 fully saturated rings. The highest BCUT2D eigenvalue weighted by Gasteiger charge is 2.43. The van der Waals surface area contributed by atoms with Gasteiger partial charge < -0.3 is 5.73 Å². The van der Waals surface area contributed by atoms with Crippen LogP contribution in [-0.2, 0) is 9.84 Å². The average Bonchev–Trinajstić information content (AvgIpc) is 2.16. The van der Waals surface area contributed by atoms with Gasteiger partial charge in [-0.1, -0.05) is 11.6 Å². The number of nitrogens with two attached hydrogens (primary N) is 1. The van der Waals surface area contributed by atoms with E-state index in [1.807, 2.05) is 0 Å². The van der Waals surface area contributed by atoms with E-state index < -0.39 is 17.8 Å². The summed E-state index contributed by atoms with van der Waals surface area (Å²) in [6.07, 6.45) is 0.918. The van der Waals surface area contributed by atoms with E-state index >= 15 is 0 Å². The van der Waals surface area contributed by atoms with Gasteiger partial charge in [0.2, 0.25) is 5.78 Å². The minimum Gasteiger partial charge on any atom is -0.399 e. The molecule has 0 aliphatic rings. The number of nitrogen functional groups attached to an aromatic ring is 1. The molecule has 0 saturated heterocycles. The lowest BCUT2D eigenvalue weighted by Crippen LogP contribution is -2.34. The maximum absolute atomic E-state index is 11.9. The normalized spacial score (nSPS) is 15.4. The first-order valence-electron chi connectivity index (χ1n) is 4.14. The first kappa shape index (κ1) is 13.7. The van der Waals surface area contributed by atoms with Crippen LogP contribution in [0.5, 0.6) is 0 Å². The van der Waals surface area contributed by atoms with Crippen molar-refractivity contribution in [2.75, 3.05) is 12.0 Å². The Kier molecular flexibility index (Phi) is 3.86. The molecule has 4 nitrogen and oxygen atoms in total. The molecule has 7 heteroatoms. The van der Waals surface area contributed by atoms with Crippen LogP contribution in [0.2, 0.25) is 0 Å². The predicted octanol–water partition coefficient (Wildman–Crippen LogP) is 1.82. The van der Waals surface area contributed by atoms with Crippen LogP contribution in [0.3, 0.4) is 0 Å². The van der Waals surface area contributed by atoms with E-state index in [9.17, 15) is 13.2 Å². The SMILES string of the molecule is CS(=O)(=O)C(Cl)(I)C(=O)c1ccc(N)cc1. The molecule has 0 spiro atoms. The van der Waals surface area contributed by atoms with E-state index in [0.717, 1.165) is 6.26 Å². The van der Waals surface area contributed by atoms with Gasteiger partial charge in [-0.15, -0.1) is 0 Å². The van der Waals surface area contributed by atoms with Crippen molar-refractivity contribution in [2.45, 2.75) is 2.21 Å². The summed E-state index contributed by atoms with van der Waals surface area (Å²) in [6, 6.07) is 5.91. The number of carbonyl (C=O) groups is 1. The molecule has 0 bridgehead atoms. The van der Waals surface area contributed by atoms with Crippen molar-refractivity contribution in [3.63, 3.8) is 0 Å². The van der Waals surface area contributed by atoms with Crippen LogP contribution < -0.4 is 5.73 Å². The summed E-state index contributed by atoms with van der Waals surface area (Å²) in [5.74, 6) is -0.669. The molecule has 88 valence electrons. The third-order valence-electron chi connectivity index (χ3n) is 1.90. The number of hydrogen-bond acceptors (Lipinski definition) is 4. The number of halogens is 2. The number of hydrogen-bond donors (Lipinski definition) is 1. The molecule has 1 atom stereocenters. The summed E-state index contributed by atoms with van der Waals surface area (Å²) in [6.45, 7) is 0. The van der Waals surface area contributed by atoms with E-state index in [2.05, 4.69) is 0 Å². The maximum atomic E-state index is 11.9. The van der Waals surface area contributed by atoms with Gasteiger partial charge in [-0.3, -0.25) is 4.79 Å². The zero-order chi connectivity index (χ0) is 12.6. The van der Waals surface area contributed by atoms with Crippen LogP contribution in [0.15, 0.2) is 24.3 Å². The Balaban J connectivity index is 3.18. The zero-order valence-electron chi connectivity index (χ0n) is 8.28. The third-order valence-corrected chi connectivity index (χ3v) is 6.92. The van der Waals surface area contributed by atoms with Crippen molar-refractivity contribution in [2.24, 2.45) is 0 Å². The topological polar surface area (TPSA) is 77.2 Å². The number of ketones is 1. The van der Waals surface area contributed by atoms with Crippen molar-refractivity contribution in [3.8, 4) is 0 Å². The van der Waals surface area contributed by atoms with Gasteiger partial charge in [-0.25, -0.2) is 8.42 Å². The molecule has 0 aromatic heterocycles. The van der Waals surface area contributed by atoms with Gasteiger partial charge in [0.25, 0.3) is 2.21 Å². The summed E-state index contributed by atoms with van der Waals surface area (Å²) in [4.78, 5) is 11.9. The van der Waals surface area contributed by atoms with Gasteiger partial charge in [-0.2, -0.15) is 0 Å². The Labute approximate surface area is 112 Å². The number of sulfone groups is 1. The van der Waals surface area contributed by atoms with E-state index in [-0.39, 0.29) is 5.56 Å². The summed E-state index contributed by atoms with van der Waals surface area (Å²) in [7, 11) is -3.69. The van der Waals surface area contributed by atoms with Crippen molar-refractivity contribution in [3.05, 3.63) is 29.8 Å². The lowest BCUT2D eigenvalue weighted by Gasteiger charge is -2.16. The van der Waals surface area contributed by atoms with Gasteiger partial charge in [-0.05, 0) is 46.9 Å². The Morgan fingerprint density at radius 2 is 1.81 bits per heavy atom. The van der Waals surface area contributed by atoms with E-state index in [4.69, 9.17) is 17.3 Å². The number of benzene rings is 1. The largest absolute Gasteiger partial charge is 0.399 e. The lowest BCUT2D eigenvalue weighted by atomic mass is 10.1. The van der Waals surface area contributed by atoms with Crippen LogP contribution >= 0.6 is 34.2 Å². The Hall–Kier alpha value is -0.340. The number of anilines is 1. The first-order chi connectivity index (χ1) is 7.16. The molecule has 0 radical (unpaired) electrons. The molecule has 0 aliphatic heterocycles. The summed E-state index contributed by atoms with van der Waals surface area (Å²) < 4.78 is 20.7. The van der Waals surface area contributed by atoms with Crippen molar-refractivity contribution in [1.29, 1.82) is 0 Å². The van der Waals surface area contributed by atoms with Crippen molar-refractivity contribution >= 4 is 55.5 Å². The second-order valence-corrected chi connectivity index (χ2v) is 9.18. The van der Waals surface area contributed by atoms with Crippen LogP contribution in [0.4, 0.5) is 5.69 Å².